The van der Waals surface area contributed by atoms with Gasteiger partial charge < -0.3 is 15.4 Å². The first-order valence-electron chi connectivity index (χ1n) is 4.30. The van der Waals surface area contributed by atoms with Crippen molar-refractivity contribution in [2.45, 2.75) is 6.92 Å². The van der Waals surface area contributed by atoms with Crippen LogP contribution in [0.25, 0.3) is 0 Å². The number of hydrogen-bond acceptors (Lipinski definition) is 2. The Morgan fingerprint density at radius 1 is 1.43 bits per heavy atom. The maximum Gasteiger partial charge on any atom is 0.318 e. The lowest BCUT2D eigenvalue weighted by atomic mass is 10.2. The van der Waals surface area contributed by atoms with Gasteiger partial charge in [-0.15, -0.1) is 0 Å². The van der Waals surface area contributed by atoms with E-state index in [4.69, 9.17) is 4.74 Å². The number of carbonyl (C=O) groups is 1. The quantitative estimate of drug-likeness (QED) is 0.753. The average molecular weight is 194 g/mol. The van der Waals surface area contributed by atoms with Crippen molar-refractivity contribution in [2.24, 2.45) is 0 Å². The number of carbonyl (C=O) groups excluding carboxylic acids is 1. The van der Waals surface area contributed by atoms with Gasteiger partial charge in [0, 0.05) is 18.8 Å². The molecule has 0 unspecified atom stereocenters. The molecular formula is C10H14N2O2. The maximum atomic E-state index is 11.1. The van der Waals surface area contributed by atoms with Crippen LogP contribution >= 0.6 is 0 Å². The Kier molecular flexibility index (Phi) is 3.34. The minimum Gasteiger partial charge on any atom is -0.497 e. The second-order valence-electron chi connectivity index (χ2n) is 2.88. The molecular weight excluding hydrogens is 180 g/mol. The average Bonchev–Trinajstić information content (AvgIpc) is 2.21. The molecule has 0 bridgehead atoms. The number of hydrogen-bond donors (Lipinski definition) is 2. The Balaban J connectivity index is 2.89. The van der Waals surface area contributed by atoms with Gasteiger partial charge in [-0.25, -0.2) is 4.79 Å². The highest BCUT2D eigenvalue weighted by Crippen LogP contribution is 2.21. The summed E-state index contributed by atoms with van der Waals surface area (Å²) in [5.74, 6) is 0.724. The van der Waals surface area contributed by atoms with E-state index in [1.807, 2.05) is 19.1 Å². The predicted molar refractivity (Wildman–Crippen MR) is 55.8 cm³/mol. The molecule has 0 aliphatic rings. The van der Waals surface area contributed by atoms with E-state index in [0.29, 0.717) is 0 Å². The number of benzene rings is 1. The van der Waals surface area contributed by atoms with Crippen LogP contribution in [0.2, 0.25) is 0 Å². The monoisotopic (exact) mass is 194 g/mol. The summed E-state index contributed by atoms with van der Waals surface area (Å²) < 4.78 is 5.05. The van der Waals surface area contributed by atoms with Crippen LogP contribution in [0.1, 0.15) is 5.56 Å². The zero-order chi connectivity index (χ0) is 10.6. The molecule has 1 aromatic rings. The van der Waals surface area contributed by atoms with Gasteiger partial charge in [0.2, 0.25) is 0 Å². The lowest BCUT2D eigenvalue weighted by Gasteiger charge is -2.09. The SMILES string of the molecule is CNC(=O)Nc1cc(OC)ccc1C. The zero-order valence-electron chi connectivity index (χ0n) is 8.55. The molecule has 0 fully saturated rings. The molecule has 1 rings (SSSR count). The smallest absolute Gasteiger partial charge is 0.318 e. The van der Waals surface area contributed by atoms with Crippen molar-refractivity contribution >= 4 is 11.7 Å². The third-order valence-electron chi connectivity index (χ3n) is 1.92. The molecule has 0 saturated heterocycles. The van der Waals surface area contributed by atoms with Crippen LogP contribution in [0.15, 0.2) is 18.2 Å². The first-order valence-corrected chi connectivity index (χ1v) is 4.30. The van der Waals surface area contributed by atoms with E-state index in [1.165, 1.54) is 0 Å². The van der Waals surface area contributed by atoms with Crippen LogP contribution in [0.4, 0.5) is 10.5 Å². The van der Waals surface area contributed by atoms with Gasteiger partial charge in [0.1, 0.15) is 5.75 Å². The molecule has 2 N–H and O–H groups in total. The Hall–Kier alpha value is -1.71. The van der Waals surface area contributed by atoms with E-state index in [-0.39, 0.29) is 6.03 Å². The molecule has 0 saturated carbocycles. The van der Waals surface area contributed by atoms with Crippen molar-refractivity contribution < 1.29 is 9.53 Å². The number of amides is 2. The molecule has 76 valence electrons. The van der Waals surface area contributed by atoms with E-state index >= 15 is 0 Å². The normalized spacial score (nSPS) is 9.36. The van der Waals surface area contributed by atoms with Crippen LogP contribution in [0, 0.1) is 6.92 Å². The van der Waals surface area contributed by atoms with Crippen LogP contribution in [-0.4, -0.2) is 20.2 Å². The van der Waals surface area contributed by atoms with Crippen LogP contribution in [0.5, 0.6) is 5.75 Å². The fraction of sp³-hybridized carbons (Fsp3) is 0.300. The third kappa shape index (κ3) is 2.39. The van der Waals surface area contributed by atoms with Gasteiger partial charge in [-0.2, -0.15) is 0 Å². The Morgan fingerprint density at radius 3 is 2.71 bits per heavy atom. The number of ether oxygens (including phenoxy) is 1. The lowest BCUT2D eigenvalue weighted by Crippen LogP contribution is -2.24. The molecule has 14 heavy (non-hydrogen) atoms. The maximum absolute atomic E-state index is 11.1. The largest absolute Gasteiger partial charge is 0.497 e. The second-order valence-corrected chi connectivity index (χ2v) is 2.88. The highest BCUT2D eigenvalue weighted by Gasteiger charge is 2.03. The van der Waals surface area contributed by atoms with Gasteiger partial charge >= 0.3 is 6.03 Å². The molecule has 0 aromatic heterocycles. The summed E-state index contributed by atoms with van der Waals surface area (Å²) in [6, 6.07) is 5.29. The zero-order valence-corrected chi connectivity index (χ0v) is 8.55. The first-order chi connectivity index (χ1) is 6.67. The highest BCUT2D eigenvalue weighted by molar-refractivity contribution is 5.90. The lowest BCUT2D eigenvalue weighted by molar-refractivity contribution is 0.254. The van der Waals surface area contributed by atoms with E-state index in [0.717, 1.165) is 17.0 Å². The molecule has 0 spiro atoms. The van der Waals surface area contributed by atoms with Crippen LogP contribution < -0.4 is 15.4 Å². The van der Waals surface area contributed by atoms with Gasteiger partial charge in [0.25, 0.3) is 0 Å². The summed E-state index contributed by atoms with van der Waals surface area (Å²) in [6.07, 6.45) is 0. The van der Waals surface area contributed by atoms with Crippen molar-refractivity contribution in [3.63, 3.8) is 0 Å². The highest BCUT2D eigenvalue weighted by atomic mass is 16.5. The number of nitrogens with one attached hydrogen (secondary N) is 2. The van der Waals surface area contributed by atoms with Gasteiger partial charge in [-0.1, -0.05) is 6.07 Å². The summed E-state index contributed by atoms with van der Waals surface area (Å²) in [7, 11) is 3.17. The van der Waals surface area contributed by atoms with Crippen molar-refractivity contribution in [1.82, 2.24) is 5.32 Å². The minimum absolute atomic E-state index is 0.235. The molecule has 2 amide bonds. The third-order valence-corrected chi connectivity index (χ3v) is 1.92. The fourth-order valence-corrected chi connectivity index (χ4v) is 1.05. The topological polar surface area (TPSA) is 50.4 Å². The van der Waals surface area contributed by atoms with Crippen molar-refractivity contribution in [3.05, 3.63) is 23.8 Å². The van der Waals surface area contributed by atoms with E-state index in [9.17, 15) is 4.79 Å². The summed E-state index contributed by atoms with van der Waals surface area (Å²) in [4.78, 5) is 11.1. The van der Waals surface area contributed by atoms with Crippen LogP contribution in [0.3, 0.4) is 0 Å². The van der Waals surface area contributed by atoms with Crippen LogP contribution in [-0.2, 0) is 0 Å². The molecule has 0 heterocycles. The van der Waals surface area contributed by atoms with Crippen molar-refractivity contribution in [3.8, 4) is 5.75 Å². The standard InChI is InChI=1S/C10H14N2O2/c1-7-4-5-8(14-3)6-9(7)12-10(13)11-2/h4-6H,1-3H3,(H2,11,12,13). The molecule has 0 radical (unpaired) electrons. The van der Waals surface area contributed by atoms with E-state index in [1.54, 1.807) is 20.2 Å². The van der Waals surface area contributed by atoms with Gasteiger partial charge in [0.15, 0.2) is 0 Å². The van der Waals surface area contributed by atoms with E-state index < -0.39 is 0 Å². The van der Waals surface area contributed by atoms with Gasteiger partial charge in [0.05, 0.1) is 7.11 Å². The molecule has 0 aliphatic carbocycles. The predicted octanol–water partition coefficient (Wildman–Crippen LogP) is 1.75. The number of methoxy groups -OCH3 is 1. The Labute approximate surface area is 83.3 Å². The summed E-state index contributed by atoms with van der Waals surface area (Å²) in [5, 5.41) is 5.19. The number of rotatable bonds is 2. The fourth-order valence-electron chi connectivity index (χ4n) is 1.05. The summed E-state index contributed by atoms with van der Waals surface area (Å²) >= 11 is 0. The Bertz CT molecular complexity index is 337. The molecule has 0 aliphatic heterocycles. The molecule has 0 atom stereocenters. The number of anilines is 1. The minimum atomic E-state index is -0.235. The number of urea groups is 1. The van der Waals surface area contributed by atoms with Gasteiger partial charge in [-0.3, -0.25) is 0 Å². The Morgan fingerprint density at radius 2 is 2.14 bits per heavy atom. The van der Waals surface area contributed by atoms with Crippen molar-refractivity contribution in [2.75, 3.05) is 19.5 Å². The van der Waals surface area contributed by atoms with E-state index in [2.05, 4.69) is 10.6 Å². The number of aryl methyl sites for hydroxylation is 1. The molecule has 4 nitrogen and oxygen atoms in total. The second kappa shape index (κ2) is 4.50. The summed E-state index contributed by atoms with van der Waals surface area (Å²) in [5.41, 5.74) is 1.75. The molecule has 1 aromatic carbocycles. The van der Waals surface area contributed by atoms with Gasteiger partial charge in [-0.05, 0) is 18.6 Å². The molecule has 4 heteroatoms. The first kappa shape index (κ1) is 10.4. The summed E-state index contributed by atoms with van der Waals surface area (Å²) in [6.45, 7) is 1.92. The van der Waals surface area contributed by atoms with Crippen molar-refractivity contribution in [1.29, 1.82) is 0 Å².